The molecule has 106 valence electrons. The zero-order valence-corrected chi connectivity index (χ0v) is 12.6. The molecule has 0 amide bonds. The number of hydrogen-bond donors (Lipinski definition) is 0. The quantitative estimate of drug-likeness (QED) is 0.619. The predicted octanol–water partition coefficient (Wildman–Crippen LogP) is 3.57. The molecule has 2 aliphatic rings. The van der Waals surface area contributed by atoms with Gasteiger partial charge in [0.2, 0.25) is 0 Å². The number of hydrogen-bond acceptors (Lipinski definition) is 4. The normalized spacial score (nSPS) is 29.0. The first-order valence-electron chi connectivity index (χ1n) is 6.52. The van der Waals surface area contributed by atoms with Gasteiger partial charge in [0, 0.05) is 52.9 Å². The first-order valence-corrected chi connectivity index (χ1v) is 7.78. The van der Waals surface area contributed by atoms with Crippen molar-refractivity contribution < 1.29 is 4.92 Å². The van der Waals surface area contributed by atoms with Crippen LogP contribution in [0.4, 0.5) is 0 Å². The Morgan fingerprint density at radius 1 is 1.35 bits per heavy atom. The number of thioether (sulfide) groups is 1. The maximum atomic E-state index is 11.0. The molecule has 3 unspecified atom stereocenters. The first-order chi connectivity index (χ1) is 9.54. The molecule has 3 rings (SSSR count). The van der Waals surface area contributed by atoms with Crippen molar-refractivity contribution in [2.45, 2.75) is 17.7 Å². The number of fused-ring (bicyclic) bond motifs is 1. The Morgan fingerprint density at radius 2 is 2.05 bits per heavy atom. The van der Waals surface area contributed by atoms with Crippen LogP contribution in [-0.4, -0.2) is 28.8 Å². The van der Waals surface area contributed by atoms with Gasteiger partial charge in [-0.3, -0.25) is 10.1 Å². The molecule has 3 atom stereocenters. The van der Waals surface area contributed by atoms with Crippen LogP contribution in [0.5, 0.6) is 0 Å². The summed E-state index contributed by atoms with van der Waals surface area (Å²) in [5.41, 5.74) is 1.21. The van der Waals surface area contributed by atoms with Crippen molar-refractivity contribution in [2.75, 3.05) is 13.6 Å². The molecule has 0 N–H and O–H groups in total. The number of halogens is 1. The fraction of sp³-hybridized carbons (Fsp3) is 0.429. The van der Waals surface area contributed by atoms with E-state index in [4.69, 9.17) is 11.6 Å². The molecule has 1 fully saturated rings. The average molecular weight is 311 g/mol. The van der Waals surface area contributed by atoms with Gasteiger partial charge in [0.25, 0.3) is 5.37 Å². The van der Waals surface area contributed by atoms with Crippen molar-refractivity contribution in [1.82, 2.24) is 4.90 Å². The van der Waals surface area contributed by atoms with Crippen LogP contribution in [0.2, 0.25) is 5.02 Å². The van der Waals surface area contributed by atoms with Crippen molar-refractivity contribution in [3.8, 4) is 0 Å². The Balaban J connectivity index is 1.90. The van der Waals surface area contributed by atoms with E-state index >= 15 is 0 Å². The van der Waals surface area contributed by atoms with E-state index in [-0.39, 0.29) is 10.8 Å². The molecule has 2 heterocycles. The molecule has 0 saturated carbocycles. The lowest BCUT2D eigenvalue weighted by Crippen LogP contribution is -2.30. The van der Waals surface area contributed by atoms with E-state index in [2.05, 4.69) is 11.1 Å². The van der Waals surface area contributed by atoms with Gasteiger partial charge in [0.05, 0.1) is 0 Å². The minimum absolute atomic E-state index is 0.164. The SMILES string of the molecule is CN1C=C2SC([N+](=O)[O-])CC2C(c2ccc(Cl)cc2)C1. The fourth-order valence-corrected chi connectivity index (χ4v) is 4.50. The summed E-state index contributed by atoms with van der Waals surface area (Å²) in [5, 5.41) is 11.3. The smallest absolute Gasteiger partial charge is 0.263 e. The maximum absolute atomic E-state index is 11.0. The molecule has 0 spiro atoms. The molecular formula is C14H15ClN2O2S. The van der Waals surface area contributed by atoms with Crippen molar-refractivity contribution in [3.63, 3.8) is 0 Å². The van der Waals surface area contributed by atoms with Crippen molar-refractivity contribution >= 4 is 23.4 Å². The van der Waals surface area contributed by atoms with Crippen molar-refractivity contribution in [3.05, 3.63) is 56.1 Å². The number of likely N-dealkylation sites (N-methyl/N-ethyl adjacent to an activating group) is 1. The Hall–Kier alpha value is -1.20. The number of nitro groups is 1. The molecule has 1 aromatic carbocycles. The summed E-state index contributed by atoms with van der Waals surface area (Å²) in [4.78, 5) is 14.1. The maximum Gasteiger partial charge on any atom is 0.263 e. The Kier molecular flexibility index (Phi) is 3.65. The molecule has 0 bridgehead atoms. The zero-order chi connectivity index (χ0) is 14.3. The highest BCUT2D eigenvalue weighted by atomic mass is 35.5. The summed E-state index contributed by atoms with van der Waals surface area (Å²) in [6.07, 6.45) is 2.68. The van der Waals surface area contributed by atoms with E-state index in [0.29, 0.717) is 12.3 Å². The molecule has 0 aliphatic carbocycles. The first kappa shape index (κ1) is 13.8. The van der Waals surface area contributed by atoms with Crippen molar-refractivity contribution in [2.24, 2.45) is 5.92 Å². The summed E-state index contributed by atoms with van der Waals surface area (Å²) in [7, 11) is 2.02. The summed E-state index contributed by atoms with van der Waals surface area (Å²) in [5.74, 6) is 0.558. The van der Waals surface area contributed by atoms with Crippen LogP contribution < -0.4 is 0 Å². The minimum atomic E-state index is -0.507. The highest BCUT2D eigenvalue weighted by molar-refractivity contribution is 8.03. The van der Waals surface area contributed by atoms with E-state index in [1.807, 2.05) is 31.3 Å². The summed E-state index contributed by atoms with van der Waals surface area (Å²) >= 11 is 7.34. The van der Waals surface area contributed by atoms with Crippen LogP contribution in [0.25, 0.3) is 0 Å². The Morgan fingerprint density at radius 3 is 2.70 bits per heavy atom. The monoisotopic (exact) mass is 310 g/mol. The number of benzene rings is 1. The molecule has 6 heteroatoms. The number of rotatable bonds is 2. The lowest BCUT2D eigenvalue weighted by atomic mass is 9.82. The molecule has 20 heavy (non-hydrogen) atoms. The number of nitrogens with zero attached hydrogens (tertiary/aromatic N) is 2. The number of allylic oxidation sites excluding steroid dienone is 1. The summed E-state index contributed by atoms with van der Waals surface area (Å²) < 4.78 is 0. The van der Waals surface area contributed by atoms with E-state index in [0.717, 1.165) is 16.5 Å². The highest BCUT2D eigenvalue weighted by Gasteiger charge is 2.44. The van der Waals surface area contributed by atoms with Crippen LogP contribution >= 0.6 is 23.4 Å². The van der Waals surface area contributed by atoms with Gasteiger partial charge in [0.1, 0.15) is 0 Å². The molecule has 1 saturated heterocycles. The third-order valence-corrected chi connectivity index (χ3v) is 5.51. The second-order valence-electron chi connectivity index (χ2n) is 5.33. The van der Waals surface area contributed by atoms with Gasteiger partial charge in [-0.1, -0.05) is 23.7 Å². The third kappa shape index (κ3) is 2.52. The Bertz CT molecular complexity index is 561. The molecule has 4 nitrogen and oxygen atoms in total. The zero-order valence-electron chi connectivity index (χ0n) is 11.0. The predicted molar refractivity (Wildman–Crippen MR) is 81.4 cm³/mol. The van der Waals surface area contributed by atoms with Crippen molar-refractivity contribution in [1.29, 1.82) is 0 Å². The molecule has 2 aliphatic heterocycles. The van der Waals surface area contributed by atoms with Gasteiger partial charge in [-0.2, -0.15) is 0 Å². The van der Waals surface area contributed by atoms with Gasteiger partial charge in [0.15, 0.2) is 0 Å². The van der Waals surface area contributed by atoms with Gasteiger partial charge in [-0.05, 0) is 29.5 Å². The Labute approximate surface area is 126 Å². The lowest BCUT2D eigenvalue weighted by Gasteiger charge is -2.33. The minimum Gasteiger partial charge on any atom is -0.379 e. The van der Waals surface area contributed by atoms with Crippen LogP contribution in [0.3, 0.4) is 0 Å². The second kappa shape index (κ2) is 5.30. The molecule has 0 radical (unpaired) electrons. The highest BCUT2D eigenvalue weighted by Crippen LogP contribution is 2.50. The topological polar surface area (TPSA) is 46.4 Å². The summed E-state index contributed by atoms with van der Waals surface area (Å²) in [6, 6.07) is 7.85. The van der Waals surface area contributed by atoms with E-state index < -0.39 is 5.37 Å². The van der Waals surface area contributed by atoms with Crippen LogP contribution in [0.15, 0.2) is 35.4 Å². The van der Waals surface area contributed by atoms with E-state index in [1.165, 1.54) is 17.3 Å². The van der Waals surface area contributed by atoms with Crippen LogP contribution in [0.1, 0.15) is 17.9 Å². The fourth-order valence-electron chi connectivity index (χ4n) is 3.00. The molecular weight excluding hydrogens is 296 g/mol. The van der Waals surface area contributed by atoms with Gasteiger partial charge in [-0.15, -0.1) is 0 Å². The second-order valence-corrected chi connectivity index (χ2v) is 7.02. The lowest BCUT2D eigenvalue weighted by molar-refractivity contribution is -0.495. The van der Waals surface area contributed by atoms with Gasteiger partial charge >= 0.3 is 0 Å². The van der Waals surface area contributed by atoms with Gasteiger partial charge < -0.3 is 4.90 Å². The summed E-state index contributed by atoms with van der Waals surface area (Å²) in [6.45, 7) is 0.890. The van der Waals surface area contributed by atoms with Crippen LogP contribution in [-0.2, 0) is 0 Å². The average Bonchev–Trinajstić information content (AvgIpc) is 2.82. The van der Waals surface area contributed by atoms with E-state index in [1.54, 1.807) is 0 Å². The standard InChI is InChI=1S/C14H15ClN2O2S/c1-16-7-12(9-2-4-10(15)5-3-9)11-6-14(17(18)19)20-13(11)8-16/h2-5,8,11-12,14H,6-7H2,1H3. The molecule has 0 aromatic heterocycles. The van der Waals surface area contributed by atoms with E-state index in [9.17, 15) is 10.1 Å². The molecule has 1 aromatic rings. The largest absolute Gasteiger partial charge is 0.379 e. The van der Waals surface area contributed by atoms with Crippen LogP contribution in [0, 0.1) is 16.0 Å². The third-order valence-electron chi connectivity index (χ3n) is 3.94. The van der Waals surface area contributed by atoms with Gasteiger partial charge in [-0.25, -0.2) is 0 Å².